The molecule has 1 rings (SSSR count). The number of terminal acetylenes is 1. The van der Waals surface area contributed by atoms with Crippen molar-refractivity contribution in [1.82, 2.24) is 9.78 Å². The van der Waals surface area contributed by atoms with Crippen molar-refractivity contribution < 1.29 is 5.11 Å². The lowest BCUT2D eigenvalue weighted by atomic mass is 10.1. The highest BCUT2D eigenvalue weighted by atomic mass is 16.3. The summed E-state index contributed by atoms with van der Waals surface area (Å²) in [4.78, 5) is 0. The molecule has 13 heavy (non-hydrogen) atoms. The van der Waals surface area contributed by atoms with Gasteiger partial charge in [-0.1, -0.05) is 0 Å². The van der Waals surface area contributed by atoms with Crippen LogP contribution in [-0.2, 0) is 7.05 Å². The zero-order valence-electron chi connectivity index (χ0n) is 7.99. The molecule has 0 aromatic carbocycles. The molecule has 0 aliphatic rings. The average Bonchev–Trinajstić information content (AvgIpc) is 2.42. The summed E-state index contributed by atoms with van der Waals surface area (Å²) in [6, 6.07) is 0. The molecule has 0 saturated carbocycles. The lowest BCUT2D eigenvalue weighted by molar-refractivity contribution is 0.159. The predicted octanol–water partition coefficient (Wildman–Crippen LogP) is 1.18. The van der Waals surface area contributed by atoms with Crippen LogP contribution >= 0.6 is 0 Å². The van der Waals surface area contributed by atoms with Gasteiger partial charge in [-0.15, -0.1) is 12.3 Å². The number of rotatable bonds is 3. The van der Waals surface area contributed by atoms with E-state index >= 15 is 0 Å². The predicted molar refractivity (Wildman–Crippen MR) is 51.0 cm³/mol. The van der Waals surface area contributed by atoms with Crippen molar-refractivity contribution in [2.24, 2.45) is 7.05 Å². The summed E-state index contributed by atoms with van der Waals surface area (Å²) < 4.78 is 1.69. The average molecular weight is 178 g/mol. The minimum atomic E-state index is -0.497. The Morgan fingerprint density at radius 3 is 2.92 bits per heavy atom. The van der Waals surface area contributed by atoms with E-state index < -0.39 is 6.10 Å². The fourth-order valence-corrected chi connectivity index (χ4v) is 1.39. The standard InChI is InChI=1S/C10H14N2O/c1-4-5-6-9(13)10-8(2)7-11-12(10)3/h1,7,9,13H,5-6H2,2-3H3. The van der Waals surface area contributed by atoms with Gasteiger partial charge in [0.2, 0.25) is 0 Å². The molecule has 1 atom stereocenters. The molecule has 3 nitrogen and oxygen atoms in total. The Kier molecular flexibility index (Phi) is 3.10. The molecule has 1 heterocycles. The van der Waals surface area contributed by atoms with Crippen molar-refractivity contribution in [2.45, 2.75) is 25.9 Å². The van der Waals surface area contributed by atoms with E-state index in [-0.39, 0.29) is 0 Å². The zero-order chi connectivity index (χ0) is 9.84. The maximum absolute atomic E-state index is 9.75. The summed E-state index contributed by atoms with van der Waals surface area (Å²) in [5, 5.41) is 13.8. The lowest BCUT2D eigenvalue weighted by Crippen LogP contribution is -2.06. The molecule has 0 saturated heterocycles. The molecule has 0 amide bonds. The molecule has 3 heteroatoms. The molecule has 0 aliphatic carbocycles. The van der Waals surface area contributed by atoms with Crippen LogP contribution < -0.4 is 0 Å². The number of aliphatic hydroxyl groups excluding tert-OH is 1. The van der Waals surface area contributed by atoms with E-state index in [9.17, 15) is 5.11 Å². The molecule has 0 fully saturated rings. The van der Waals surface area contributed by atoms with E-state index in [0.717, 1.165) is 11.3 Å². The first-order valence-corrected chi connectivity index (χ1v) is 4.27. The maximum Gasteiger partial charge on any atom is 0.0968 e. The van der Waals surface area contributed by atoms with Gasteiger partial charge in [-0.25, -0.2) is 0 Å². The van der Waals surface area contributed by atoms with Gasteiger partial charge in [-0.2, -0.15) is 5.10 Å². The Morgan fingerprint density at radius 1 is 1.77 bits per heavy atom. The number of aryl methyl sites for hydroxylation is 2. The SMILES string of the molecule is C#CCCC(O)c1c(C)cnn1C. The summed E-state index contributed by atoms with van der Waals surface area (Å²) in [5.41, 5.74) is 1.86. The second-order valence-electron chi connectivity index (χ2n) is 3.10. The van der Waals surface area contributed by atoms with Crippen LogP contribution in [0.1, 0.15) is 30.2 Å². The van der Waals surface area contributed by atoms with Crippen LogP contribution in [0.2, 0.25) is 0 Å². The third kappa shape index (κ3) is 2.10. The zero-order valence-corrected chi connectivity index (χ0v) is 7.99. The molecule has 0 spiro atoms. The van der Waals surface area contributed by atoms with Crippen LogP contribution in [0.25, 0.3) is 0 Å². The normalized spacial score (nSPS) is 12.5. The number of hydrogen-bond acceptors (Lipinski definition) is 2. The second-order valence-corrected chi connectivity index (χ2v) is 3.10. The van der Waals surface area contributed by atoms with E-state index in [1.807, 2.05) is 14.0 Å². The summed E-state index contributed by atoms with van der Waals surface area (Å²) in [5.74, 6) is 2.51. The van der Waals surface area contributed by atoms with Gasteiger partial charge in [0.05, 0.1) is 18.0 Å². The van der Waals surface area contributed by atoms with E-state index in [2.05, 4.69) is 11.0 Å². The van der Waals surface area contributed by atoms with Crippen LogP contribution in [0.5, 0.6) is 0 Å². The molecule has 70 valence electrons. The third-order valence-corrected chi connectivity index (χ3v) is 2.05. The van der Waals surface area contributed by atoms with Gasteiger partial charge in [0.15, 0.2) is 0 Å². The van der Waals surface area contributed by atoms with Crippen molar-refractivity contribution in [1.29, 1.82) is 0 Å². The molecule has 1 aromatic heterocycles. The van der Waals surface area contributed by atoms with Gasteiger partial charge < -0.3 is 5.11 Å². The summed E-state index contributed by atoms with van der Waals surface area (Å²) in [6.07, 6.45) is 7.55. The highest BCUT2D eigenvalue weighted by Crippen LogP contribution is 2.20. The van der Waals surface area contributed by atoms with Crippen molar-refractivity contribution in [2.75, 3.05) is 0 Å². The Bertz CT molecular complexity index is 303. The smallest absolute Gasteiger partial charge is 0.0968 e. The number of nitrogens with zero attached hydrogens (tertiary/aromatic N) is 2. The first-order chi connectivity index (χ1) is 6.16. The summed E-state index contributed by atoms with van der Waals surface area (Å²) in [6.45, 7) is 1.93. The Labute approximate surface area is 78.4 Å². The third-order valence-electron chi connectivity index (χ3n) is 2.05. The second kappa shape index (κ2) is 4.11. The van der Waals surface area contributed by atoms with Crippen LogP contribution in [0.15, 0.2) is 6.20 Å². The minimum Gasteiger partial charge on any atom is -0.387 e. The first kappa shape index (κ1) is 9.82. The summed E-state index contributed by atoms with van der Waals surface area (Å²) >= 11 is 0. The summed E-state index contributed by atoms with van der Waals surface area (Å²) in [7, 11) is 1.82. The molecule has 0 aliphatic heterocycles. The molecule has 0 radical (unpaired) electrons. The van der Waals surface area contributed by atoms with Crippen LogP contribution in [0.3, 0.4) is 0 Å². The van der Waals surface area contributed by atoms with E-state index in [1.54, 1.807) is 10.9 Å². The maximum atomic E-state index is 9.75. The quantitative estimate of drug-likeness (QED) is 0.706. The molecular weight excluding hydrogens is 164 g/mol. The molecule has 1 aromatic rings. The number of hydrogen-bond donors (Lipinski definition) is 1. The van der Waals surface area contributed by atoms with E-state index in [4.69, 9.17) is 6.42 Å². The Morgan fingerprint density at radius 2 is 2.46 bits per heavy atom. The van der Waals surface area contributed by atoms with Gasteiger partial charge >= 0.3 is 0 Å². The van der Waals surface area contributed by atoms with Crippen LogP contribution in [0, 0.1) is 19.3 Å². The van der Waals surface area contributed by atoms with Crippen LogP contribution in [-0.4, -0.2) is 14.9 Å². The van der Waals surface area contributed by atoms with Gasteiger partial charge in [0, 0.05) is 13.5 Å². The van der Waals surface area contributed by atoms with Crippen molar-refractivity contribution in [3.63, 3.8) is 0 Å². The fourth-order valence-electron chi connectivity index (χ4n) is 1.39. The highest BCUT2D eigenvalue weighted by Gasteiger charge is 2.13. The highest BCUT2D eigenvalue weighted by molar-refractivity contribution is 5.18. The molecule has 1 N–H and O–H groups in total. The van der Waals surface area contributed by atoms with E-state index in [1.165, 1.54) is 0 Å². The Hall–Kier alpha value is -1.27. The largest absolute Gasteiger partial charge is 0.387 e. The van der Waals surface area contributed by atoms with Gasteiger partial charge in [-0.3, -0.25) is 4.68 Å². The monoisotopic (exact) mass is 178 g/mol. The van der Waals surface area contributed by atoms with E-state index in [0.29, 0.717) is 12.8 Å². The Balaban J connectivity index is 2.76. The minimum absolute atomic E-state index is 0.497. The molecular formula is C10H14N2O. The topological polar surface area (TPSA) is 38.1 Å². The molecule has 1 unspecified atom stereocenters. The fraction of sp³-hybridized carbons (Fsp3) is 0.500. The van der Waals surface area contributed by atoms with Crippen LogP contribution in [0.4, 0.5) is 0 Å². The first-order valence-electron chi connectivity index (χ1n) is 4.27. The van der Waals surface area contributed by atoms with Gasteiger partial charge in [0.1, 0.15) is 0 Å². The number of aromatic nitrogens is 2. The van der Waals surface area contributed by atoms with Gasteiger partial charge in [-0.05, 0) is 18.9 Å². The van der Waals surface area contributed by atoms with Gasteiger partial charge in [0.25, 0.3) is 0 Å². The van der Waals surface area contributed by atoms with Crippen molar-refractivity contribution in [3.8, 4) is 12.3 Å². The molecule has 0 bridgehead atoms. The lowest BCUT2D eigenvalue weighted by Gasteiger charge is -2.10. The van der Waals surface area contributed by atoms with Crippen molar-refractivity contribution >= 4 is 0 Å². The number of aliphatic hydroxyl groups is 1. The van der Waals surface area contributed by atoms with Crippen molar-refractivity contribution in [3.05, 3.63) is 17.5 Å².